The molecule has 0 spiro atoms. The average molecular weight is 272 g/mol. The minimum absolute atomic E-state index is 0.270. The van der Waals surface area contributed by atoms with E-state index in [4.69, 9.17) is 4.74 Å². The molecule has 0 amide bonds. The van der Waals surface area contributed by atoms with Gasteiger partial charge in [-0.15, -0.1) is 0 Å². The zero-order valence-electron chi connectivity index (χ0n) is 11.8. The van der Waals surface area contributed by atoms with Gasteiger partial charge in [-0.2, -0.15) is 0 Å². The quantitative estimate of drug-likeness (QED) is 0.605. The van der Waals surface area contributed by atoms with E-state index in [2.05, 4.69) is 9.80 Å². The fourth-order valence-electron chi connectivity index (χ4n) is 3.26. The summed E-state index contributed by atoms with van der Waals surface area (Å²) < 4.78 is 5.70. The van der Waals surface area contributed by atoms with E-state index in [9.17, 15) is 10.2 Å². The van der Waals surface area contributed by atoms with E-state index >= 15 is 0 Å². The Balaban J connectivity index is 1.52. The van der Waals surface area contributed by atoms with Gasteiger partial charge < -0.3 is 14.9 Å². The normalized spacial score (nSPS) is 29.4. The van der Waals surface area contributed by atoms with Crippen LogP contribution in [0.3, 0.4) is 0 Å². The van der Waals surface area contributed by atoms with E-state index in [-0.39, 0.29) is 13.2 Å². The van der Waals surface area contributed by atoms with Crippen LogP contribution in [0.15, 0.2) is 0 Å². The van der Waals surface area contributed by atoms with Gasteiger partial charge in [-0.25, -0.2) is 0 Å². The van der Waals surface area contributed by atoms with Crippen molar-refractivity contribution in [1.29, 1.82) is 0 Å². The summed E-state index contributed by atoms with van der Waals surface area (Å²) in [6.07, 6.45) is 4.61. The first-order chi connectivity index (χ1) is 9.35. The van der Waals surface area contributed by atoms with Crippen molar-refractivity contribution in [3.63, 3.8) is 0 Å². The first kappa shape index (κ1) is 15.2. The minimum atomic E-state index is 0.270. The molecule has 0 aromatic heterocycles. The molecule has 2 atom stereocenters. The van der Waals surface area contributed by atoms with E-state index in [1.54, 1.807) is 0 Å². The van der Waals surface area contributed by atoms with Crippen LogP contribution in [-0.4, -0.2) is 84.7 Å². The number of likely N-dealkylation sites (tertiary alicyclic amines) is 2. The average Bonchev–Trinajstić information content (AvgIpc) is 3.06. The van der Waals surface area contributed by atoms with Gasteiger partial charge in [0, 0.05) is 25.2 Å². The Morgan fingerprint density at radius 2 is 1.32 bits per heavy atom. The van der Waals surface area contributed by atoms with Crippen molar-refractivity contribution in [2.75, 3.05) is 52.6 Å². The van der Waals surface area contributed by atoms with E-state index in [0.29, 0.717) is 12.1 Å². The molecule has 2 rings (SSSR count). The molecule has 0 saturated carbocycles. The highest BCUT2D eigenvalue weighted by Crippen LogP contribution is 2.16. The van der Waals surface area contributed by atoms with Gasteiger partial charge >= 0.3 is 0 Å². The number of nitrogens with zero attached hydrogens (tertiary/aromatic N) is 2. The second kappa shape index (κ2) is 8.17. The third-order valence-corrected chi connectivity index (χ3v) is 4.47. The monoisotopic (exact) mass is 272 g/mol. The molecule has 5 nitrogen and oxygen atoms in total. The molecular weight excluding hydrogens is 244 g/mol. The third-order valence-electron chi connectivity index (χ3n) is 4.47. The number of ether oxygens (including phenoxy) is 1. The Labute approximate surface area is 116 Å². The van der Waals surface area contributed by atoms with Crippen LogP contribution >= 0.6 is 0 Å². The smallest absolute Gasteiger partial charge is 0.0594 e. The van der Waals surface area contributed by atoms with Crippen LogP contribution in [0.1, 0.15) is 25.7 Å². The number of hydrogen-bond acceptors (Lipinski definition) is 5. The number of hydrogen-bond donors (Lipinski definition) is 2. The first-order valence-corrected chi connectivity index (χ1v) is 7.62. The van der Waals surface area contributed by atoms with Gasteiger partial charge in [-0.1, -0.05) is 0 Å². The minimum Gasteiger partial charge on any atom is -0.395 e. The number of rotatable bonds is 8. The molecule has 0 bridgehead atoms. The zero-order valence-corrected chi connectivity index (χ0v) is 11.8. The summed E-state index contributed by atoms with van der Waals surface area (Å²) in [6, 6.07) is 0.696. The highest BCUT2D eigenvalue weighted by atomic mass is 16.5. The second-order valence-electron chi connectivity index (χ2n) is 5.64. The lowest BCUT2D eigenvalue weighted by molar-refractivity contribution is 0.0622. The predicted molar refractivity (Wildman–Crippen MR) is 74.2 cm³/mol. The maximum Gasteiger partial charge on any atom is 0.0594 e. The molecule has 2 heterocycles. The van der Waals surface area contributed by atoms with Crippen LogP contribution in [-0.2, 0) is 4.74 Å². The Hall–Kier alpha value is -0.200. The summed E-state index contributed by atoms with van der Waals surface area (Å²) >= 11 is 0. The summed E-state index contributed by atoms with van der Waals surface area (Å²) in [5.74, 6) is 0. The fraction of sp³-hybridized carbons (Fsp3) is 1.00. The second-order valence-corrected chi connectivity index (χ2v) is 5.64. The summed E-state index contributed by atoms with van der Waals surface area (Å²) in [4.78, 5) is 4.65. The molecule has 0 aromatic carbocycles. The number of aliphatic hydroxyl groups excluding tert-OH is 2. The summed E-state index contributed by atoms with van der Waals surface area (Å²) in [5, 5.41) is 18.5. The summed E-state index contributed by atoms with van der Waals surface area (Å²) in [7, 11) is 0. The van der Waals surface area contributed by atoms with Crippen LogP contribution in [0.4, 0.5) is 0 Å². The molecule has 2 N–H and O–H groups in total. The van der Waals surface area contributed by atoms with Gasteiger partial charge in [0.25, 0.3) is 0 Å². The topological polar surface area (TPSA) is 56.2 Å². The van der Waals surface area contributed by atoms with Crippen molar-refractivity contribution in [2.45, 2.75) is 37.8 Å². The highest BCUT2D eigenvalue weighted by Gasteiger charge is 2.24. The maximum atomic E-state index is 9.23. The fourth-order valence-corrected chi connectivity index (χ4v) is 3.26. The predicted octanol–water partition coefficient (Wildman–Crippen LogP) is -0.0836. The van der Waals surface area contributed by atoms with Crippen molar-refractivity contribution in [2.24, 2.45) is 0 Å². The molecule has 2 aliphatic heterocycles. The van der Waals surface area contributed by atoms with Crippen LogP contribution in [0.5, 0.6) is 0 Å². The molecule has 2 saturated heterocycles. The van der Waals surface area contributed by atoms with Crippen molar-refractivity contribution in [3.05, 3.63) is 0 Å². The highest BCUT2D eigenvalue weighted by molar-refractivity contribution is 4.79. The van der Waals surface area contributed by atoms with Gasteiger partial charge in [0.15, 0.2) is 0 Å². The van der Waals surface area contributed by atoms with Gasteiger partial charge in [0.2, 0.25) is 0 Å². The van der Waals surface area contributed by atoms with Crippen molar-refractivity contribution in [3.8, 4) is 0 Å². The Morgan fingerprint density at radius 1 is 0.842 bits per heavy atom. The van der Waals surface area contributed by atoms with Crippen molar-refractivity contribution in [1.82, 2.24) is 9.80 Å². The molecule has 5 heteroatoms. The van der Waals surface area contributed by atoms with Crippen LogP contribution in [0.25, 0.3) is 0 Å². The van der Waals surface area contributed by atoms with Crippen LogP contribution < -0.4 is 0 Å². The molecule has 2 aliphatic rings. The number of aliphatic hydroxyl groups is 2. The SMILES string of the molecule is OCC1CCCN1CCOCCN1CCCC1CO. The first-order valence-electron chi connectivity index (χ1n) is 7.62. The summed E-state index contributed by atoms with van der Waals surface area (Å²) in [6.45, 7) is 6.06. The molecule has 2 fully saturated rings. The van der Waals surface area contributed by atoms with Gasteiger partial charge in [-0.05, 0) is 38.8 Å². The maximum absolute atomic E-state index is 9.23. The molecule has 0 aromatic rings. The van der Waals surface area contributed by atoms with Gasteiger partial charge in [0.1, 0.15) is 0 Å². The lowest BCUT2D eigenvalue weighted by Crippen LogP contribution is -2.37. The standard InChI is InChI=1S/C14H28N2O3/c17-11-13-3-1-5-15(13)7-9-19-10-8-16-6-2-4-14(16)12-18/h13-14,17-18H,1-12H2. The molecule has 112 valence electrons. The Kier molecular flexibility index (Phi) is 6.53. The Morgan fingerprint density at radius 3 is 1.74 bits per heavy atom. The van der Waals surface area contributed by atoms with Crippen LogP contribution in [0.2, 0.25) is 0 Å². The van der Waals surface area contributed by atoms with Crippen LogP contribution in [0, 0.1) is 0 Å². The van der Waals surface area contributed by atoms with Crippen molar-refractivity contribution >= 4 is 0 Å². The van der Waals surface area contributed by atoms with Crippen molar-refractivity contribution < 1.29 is 14.9 Å². The Bertz CT molecular complexity index is 229. The lowest BCUT2D eigenvalue weighted by Gasteiger charge is -2.24. The largest absolute Gasteiger partial charge is 0.395 e. The molecule has 19 heavy (non-hydrogen) atoms. The van der Waals surface area contributed by atoms with E-state index in [1.165, 1.54) is 12.8 Å². The third kappa shape index (κ3) is 4.39. The molecule has 2 unspecified atom stereocenters. The van der Waals surface area contributed by atoms with E-state index in [1.807, 2.05) is 0 Å². The summed E-state index contributed by atoms with van der Waals surface area (Å²) in [5.41, 5.74) is 0. The lowest BCUT2D eigenvalue weighted by atomic mass is 10.2. The molecule has 0 aliphatic carbocycles. The van der Waals surface area contributed by atoms with Gasteiger partial charge in [0.05, 0.1) is 26.4 Å². The molecular formula is C14H28N2O3. The van der Waals surface area contributed by atoms with Gasteiger partial charge in [-0.3, -0.25) is 9.80 Å². The van der Waals surface area contributed by atoms with E-state index in [0.717, 1.165) is 52.2 Å². The zero-order chi connectivity index (χ0) is 13.5. The van der Waals surface area contributed by atoms with E-state index < -0.39 is 0 Å². The molecule has 0 radical (unpaired) electrons.